The molecule has 0 radical (unpaired) electrons. The van der Waals surface area contributed by atoms with Crippen molar-refractivity contribution in [3.8, 4) is 0 Å². The fraction of sp³-hybridized carbons (Fsp3) is 0.857. The van der Waals surface area contributed by atoms with Gasteiger partial charge in [0.05, 0.1) is 11.0 Å². The van der Waals surface area contributed by atoms with Crippen molar-refractivity contribution in [1.29, 1.82) is 0 Å². The predicted molar refractivity (Wildman–Crippen MR) is 95.6 cm³/mol. The summed E-state index contributed by atoms with van der Waals surface area (Å²) >= 11 is 0. The Bertz CT molecular complexity index is 516. The number of rotatable bonds is 7. The van der Waals surface area contributed by atoms with Crippen LogP contribution in [-0.2, 0) is 4.79 Å². The second-order valence-corrected chi connectivity index (χ2v) is 10.2. The van der Waals surface area contributed by atoms with Gasteiger partial charge in [-0.3, -0.25) is 4.79 Å². The molecule has 2 N–H and O–H groups in total. The molecule has 3 atom stereocenters. The van der Waals surface area contributed by atoms with Crippen LogP contribution in [0.5, 0.6) is 0 Å². The highest BCUT2D eigenvalue weighted by Crippen LogP contribution is 2.67. The number of carboxylic acid groups (broad SMARTS) is 1. The topological polar surface area (TPSA) is 57.5 Å². The van der Waals surface area contributed by atoms with Gasteiger partial charge >= 0.3 is 5.97 Å². The minimum Gasteiger partial charge on any atom is -0.481 e. The molecule has 0 spiro atoms. The maximum Gasteiger partial charge on any atom is 0.309 e. The van der Waals surface area contributed by atoms with Crippen molar-refractivity contribution >= 4 is 5.97 Å². The van der Waals surface area contributed by atoms with E-state index in [0.29, 0.717) is 11.8 Å². The van der Waals surface area contributed by atoms with Gasteiger partial charge in [-0.25, -0.2) is 0 Å². The first-order valence-electron chi connectivity index (χ1n) is 9.60. The highest BCUT2D eigenvalue weighted by atomic mass is 16.4. The van der Waals surface area contributed by atoms with Crippen molar-refractivity contribution < 1.29 is 15.0 Å². The Morgan fingerprint density at radius 3 is 2.25 bits per heavy atom. The van der Waals surface area contributed by atoms with Crippen LogP contribution in [0.2, 0.25) is 0 Å². The average Bonchev–Trinajstić information content (AvgIpc) is 2.43. The van der Waals surface area contributed by atoms with Gasteiger partial charge in [-0.1, -0.05) is 13.0 Å². The first-order chi connectivity index (χ1) is 11.0. The van der Waals surface area contributed by atoms with Gasteiger partial charge in [-0.05, 0) is 94.3 Å². The second kappa shape index (κ2) is 5.59. The molecule has 3 nitrogen and oxygen atoms in total. The highest BCUT2D eigenvalue weighted by molar-refractivity contribution is 5.75. The summed E-state index contributed by atoms with van der Waals surface area (Å²) in [6, 6.07) is 0. The molecule has 4 bridgehead atoms. The summed E-state index contributed by atoms with van der Waals surface area (Å²) in [5, 5.41) is 20.6. The standard InChI is InChI=1S/C21H34O3/c1-5-6-19(4,18(2,3)24)7-8-20-10-15-9-16(11-20)13-21(12-15,14-20)17(22)23/h5,15-16,24H,1,6-14H2,2-4H3,(H,22,23). The van der Waals surface area contributed by atoms with Gasteiger partial charge in [0.1, 0.15) is 0 Å². The highest BCUT2D eigenvalue weighted by Gasteiger charge is 2.60. The monoisotopic (exact) mass is 334 g/mol. The number of hydrogen-bond donors (Lipinski definition) is 2. The Morgan fingerprint density at radius 2 is 1.79 bits per heavy atom. The summed E-state index contributed by atoms with van der Waals surface area (Å²) in [5.74, 6) is 0.655. The lowest BCUT2D eigenvalue weighted by Crippen LogP contribution is -2.55. The molecule has 0 amide bonds. The van der Waals surface area contributed by atoms with Crippen LogP contribution in [0.15, 0.2) is 12.7 Å². The SMILES string of the molecule is C=CCC(C)(CCC12CC3CC(C1)CC(C(=O)O)(C3)C2)C(C)(C)O. The minimum absolute atomic E-state index is 0.191. The third-order valence-electron chi connectivity index (χ3n) is 7.91. The summed E-state index contributed by atoms with van der Waals surface area (Å²) in [6.45, 7) is 9.83. The van der Waals surface area contributed by atoms with Crippen LogP contribution in [0, 0.1) is 28.1 Å². The fourth-order valence-electron chi connectivity index (χ4n) is 6.51. The number of aliphatic carboxylic acids is 1. The quantitative estimate of drug-likeness (QED) is 0.658. The maximum atomic E-state index is 12.0. The number of hydrogen-bond acceptors (Lipinski definition) is 2. The Balaban J connectivity index is 1.79. The molecule has 136 valence electrons. The van der Waals surface area contributed by atoms with Crippen molar-refractivity contribution in [1.82, 2.24) is 0 Å². The lowest BCUT2D eigenvalue weighted by Gasteiger charge is -2.61. The lowest BCUT2D eigenvalue weighted by molar-refractivity contribution is -0.177. The molecule has 0 heterocycles. The van der Waals surface area contributed by atoms with E-state index in [4.69, 9.17) is 0 Å². The van der Waals surface area contributed by atoms with E-state index >= 15 is 0 Å². The third kappa shape index (κ3) is 2.83. The van der Waals surface area contributed by atoms with Crippen molar-refractivity contribution in [2.45, 2.75) is 84.2 Å². The maximum absolute atomic E-state index is 12.0. The van der Waals surface area contributed by atoms with E-state index in [1.807, 2.05) is 19.9 Å². The molecule has 3 unspecified atom stereocenters. The van der Waals surface area contributed by atoms with Gasteiger partial charge in [-0.15, -0.1) is 6.58 Å². The zero-order chi connectivity index (χ0) is 17.8. The molecule has 4 saturated carbocycles. The zero-order valence-corrected chi connectivity index (χ0v) is 15.6. The first kappa shape index (κ1) is 18.0. The minimum atomic E-state index is -0.756. The summed E-state index contributed by atoms with van der Waals surface area (Å²) in [7, 11) is 0. The molecule has 0 aromatic rings. The molecule has 4 aliphatic carbocycles. The molecule has 3 heteroatoms. The summed E-state index contributed by atoms with van der Waals surface area (Å²) in [6.07, 6.45) is 11.0. The average molecular weight is 335 g/mol. The Labute approximate surface area is 146 Å². The fourth-order valence-corrected chi connectivity index (χ4v) is 6.51. The summed E-state index contributed by atoms with van der Waals surface area (Å²) in [5.41, 5.74) is -1.22. The predicted octanol–water partition coefficient (Wildman–Crippen LogP) is 4.79. The zero-order valence-electron chi connectivity index (χ0n) is 15.6. The third-order valence-corrected chi connectivity index (χ3v) is 7.91. The molecule has 0 saturated heterocycles. The van der Waals surface area contributed by atoms with Crippen molar-refractivity contribution in [2.24, 2.45) is 28.1 Å². The van der Waals surface area contributed by atoms with E-state index in [1.54, 1.807) is 0 Å². The Hall–Kier alpha value is -0.830. The van der Waals surface area contributed by atoms with E-state index in [0.717, 1.165) is 38.5 Å². The van der Waals surface area contributed by atoms with E-state index < -0.39 is 17.0 Å². The molecule has 0 aliphatic heterocycles. The number of aliphatic hydroxyl groups is 1. The molecular formula is C21H34O3. The van der Waals surface area contributed by atoms with Gasteiger partial charge in [0.25, 0.3) is 0 Å². The molecule has 4 aliphatic rings. The first-order valence-corrected chi connectivity index (χ1v) is 9.60. The second-order valence-electron chi connectivity index (χ2n) is 10.2. The van der Waals surface area contributed by atoms with Gasteiger partial charge in [0.2, 0.25) is 0 Å². The number of carbonyl (C=O) groups is 1. The van der Waals surface area contributed by atoms with E-state index in [1.165, 1.54) is 19.3 Å². The van der Waals surface area contributed by atoms with Crippen LogP contribution >= 0.6 is 0 Å². The molecular weight excluding hydrogens is 300 g/mol. The molecule has 24 heavy (non-hydrogen) atoms. The normalized spacial score (nSPS) is 40.3. The number of carboxylic acids is 1. The molecule has 4 fully saturated rings. The summed E-state index contributed by atoms with van der Waals surface area (Å²) in [4.78, 5) is 12.0. The largest absolute Gasteiger partial charge is 0.481 e. The van der Waals surface area contributed by atoms with Crippen molar-refractivity contribution in [3.05, 3.63) is 12.7 Å². The van der Waals surface area contributed by atoms with Gasteiger partial charge in [-0.2, -0.15) is 0 Å². The lowest BCUT2D eigenvalue weighted by atomic mass is 9.43. The summed E-state index contributed by atoms with van der Waals surface area (Å²) < 4.78 is 0. The van der Waals surface area contributed by atoms with Crippen LogP contribution in [0.25, 0.3) is 0 Å². The smallest absolute Gasteiger partial charge is 0.309 e. The molecule has 0 aromatic heterocycles. The van der Waals surface area contributed by atoms with Gasteiger partial charge < -0.3 is 10.2 Å². The van der Waals surface area contributed by atoms with Crippen LogP contribution < -0.4 is 0 Å². The van der Waals surface area contributed by atoms with Gasteiger partial charge in [0.15, 0.2) is 0 Å². The van der Waals surface area contributed by atoms with Crippen LogP contribution in [0.4, 0.5) is 0 Å². The van der Waals surface area contributed by atoms with E-state index in [-0.39, 0.29) is 10.8 Å². The van der Waals surface area contributed by atoms with Crippen LogP contribution in [0.3, 0.4) is 0 Å². The Kier molecular flexibility index (Phi) is 4.18. The van der Waals surface area contributed by atoms with Gasteiger partial charge in [0, 0.05) is 0 Å². The van der Waals surface area contributed by atoms with E-state index in [9.17, 15) is 15.0 Å². The number of allylic oxidation sites excluding steroid dienone is 1. The molecule has 4 rings (SSSR count). The van der Waals surface area contributed by atoms with Crippen LogP contribution in [-0.4, -0.2) is 21.8 Å². The molecule has 0 aromatic carbocycles. The van der Waals surface area contributed by atoms with Crippen molar-refractivity contribution in [2.75, 3.05) is 0 Å². The van der Waals surface area contributed by atoms with Crippen molar-refractivity contribution in [3.63, 3.8) is 0 Å². The van der Waals surface area contributed by atoms with E-state index in [2.05, 4.69) is 13.5 Å². The van der Waals surface area contributed by atoms with Crippen LogP contribution in [0.1, 0.15) is 78.6 Å². The Morgan fingerprint density at radius 1 is 1.21 bits per heavy atom.